The Morgan fingerprint density at radius 3 is 2.41 bits per heavy atom. The lowest BCUT2D eigenvalue weighted by Gasteiger charge is -2.32. The molecule has 2 saturated heterocycles. The maximum Gasteiger partial charge on any atom is 0.179 e. The van der Waals surface area contributed by atoms with Gasteiger partial charge in [-0.3, -0.25) is 9.38 Å². The van der Waals surface area contributed by atoms with Crippen LogP contribution < -0.4 is 10.6 Å². The molecule has 2 N–H and O–H groups in total. The molecule has 0 saturated carbocycles. The molecule has 0 radical (unpaired) electrons. The number of ether oxygens (including phenoxy) is 1. The van der Waals surface area contributed by atoms with Gasteiger partial charge < -0.3 is 15.4 Å². The van der Waals surface area contributed by atoms with Gasteiger partial charge in [-0.1, -0.05) is 18.2 Å². The number of benzene rings is 2. The van der Waals surface area contributed by atoms with E-state index < -0.39 is 0 Å². The average molecular weight is 429 g/mol. The standard InChI is InChI=1S/C25H28N6O/c26-20-7-11-30(12-8-20)21-4-1-17(2-5-21)19-3-6-22-23(15-19)31-24(16-27-22)28-29-25(31)18-9-13-32-14-10-18/h1-6,15-16,18,20H,7-14,26H2. The van der Waals surface area contributed by atoms with Crippen LogP contribution in [0, 0.1) is 0 Å². The van der Waals surface area contributed by atoms with Crippen LogP contribution in [0.1, 0.15) is 37.4 Å². The van der Waals surface area contributed by atoms with Crippen LogP contribution in [0.15, 0.2) is 48.7 Å². The molecule has 2 aliphatic rings. The van der Waals surface area contributed by atoms with Crippen LogP contribution in [0.3, 0.4) is 0 Å². The van der Waals surface area contributed by atoms with Crippen molar-refractivity contribution in [3.63, 3.8) is 0 Å². The van der Waals surface area contributed by atoms with Gasteiger partial charge in [0.2, 0.25) is 0 Å². The van der Waals surface area contributed by atoms with E-state index in [1.807, 2.05) is 6.20 Å². The van der Waals surface area contributed by atoms with Crippen molar-refractivity contribution >= 4 is 22.4 Å². The predicted molar refractivity (Wildman–Crippen MR) is 126 cm³/mol. The Bertz CT molecular complexity index is 1240. The highest BCUT2D eigenvalue weighted by atomic mass is 16.5. The van der Waals surface area contributed by atoms with E-state index >= 15 is 0 Å². The maximum absolute atomic E-state index is 6.06. The SMILES string of the molecule is NC1CCN(c2ccc(-c3ccc4ncc5nnc(C6CCOCC6)n5c4c3)cc2)CC1. The first kappa shape index (κ1) is 19.6. The molecule has 32 heavy (non-hydrogen) atoms. The summed E-state index contributed by atoms with van der Waals surface area (Å²) in [4.78, 5) is 7.05. The zero-order valence-electron chi connectivity index (χ0n) is 18.2. The molecule has 0 unspecified atom stereocenters. The fourth-order valence-corrected chi connectivity index (χ4v) is 5.00. The Labute approximate surface area is 187 Å². The third-order valence-electron chi connectivity index (χ3n) is 6.94. The lowest BCUT2D eigenvalue weighted by Crippen LogP contribution is -2.39. The fraction of sp³-hybridized carbons (Fsp3) is 0.400. The van der Waals surface area contributed by atoms with Gasteiger partial charge in [0.05, 0.1) is 17.2 Å². The van der Waals surface area contributed by atoms with Gasteiger partial charge in [-0.15, -0.1) is 10.2 Å². The highest BCUT2D eigenvalue weighted by Crippen LogP contribution is 2.31. The van der Waals surface area contributed by atoms with Crippen molar-refractivity contribution in [2.45, 2.75) is 37.6 Å². The van der Waals surface area contributed by atoms with E-state index in [2.05, 4.69) is 66.9 Å². The number of rotatable bonds is 3. The number of hydrogen-bond acceptors (Lipinski definition) is 6. The fourth-order valence-electron chi connectivity index (χ4n) is 5.00. The molecular formula is C25H28N6O. The molecule has 4 aromatic rings. The van der Waals surface area contributed by atoms with Crippen LogP contribution in [-0.2, 0) is 4.74 Å². The van der Waals surface area contributed by atoms with Gasteiger partial charge in [-0.25, -0.2) is 0 Å². The van der Waals surface area contributed by atoms with Crippen LogP contribution in [0.4, 0.5) is 5.69 Å². The summed E-state index contributed by atoms with van der Waals surface area (Å²) < 4.78 is 7.74. The third-order valence-corrected chi connectivity index (χ3v) is 6.94. The minimum Gasteiger partial charge on any atom is -0.381 e. The first-order valence-corrected chi connectivity index (χ1v) is 11.6. The number of aromatic nitrogens is 4. The molecule has 7 heteroatoms. The summed E-state index contributed by atoms with van der Waals surface area (Å²) in [7, 11) is 0. The van der Waals surface area contributed by atoms with Crippen LogP contribution in [0.5, 0.6) is 0 Å². The summed E-state index contributed by atoms with van der Waals surface area (Å²) in [5.41, 5.74) is 12.5. The Morgan fingerprint density at radius 1 is 0.875 bits per heavy atom. The van der Waals surface area contributed by atoms with E-state index in [1.165, 1.54) is 16.8 Å². The lowest BCUT2D eigenvalue weighted by molar-refractivity contribution is 0.0834. The lowest BCUT2D eigenvalue weighted by atomic mass is 9.99. The van der Waals surface area contributed by atoms with Crippen LogP contribution in [0.2, 0.25) is 0 Å². The average Bonchev–Trinajstić information content (AvgIpc) is 3.30. The molecule has 2 fully saturated rings. The summed E-state index contributed by atoms with van der Waals surface area (Å²) in [6.45, 7) is 3.62. The minimum atomic E-state index is 0.345. The first-order valence-electron chi connectivity index (χ1n) is 11.6. The molecular weight excluding hydrogens is 400 g/mol. The highest BCUT2D eigenvalue weighted by molar-refractivity contribution is 5.84. The van der Waals surface area contributed by atoms with Gasteiger partial charge in [-0.2, -0.15) is 0 Å². The smallest absolute Gasteiger partial charge is 0.179 e. The van der Waals surface area contributed by atoms with Gasteiger partial charge in [0, 0.05) is 44.0 Å². The molecule has 2 aromatic carbocycles. The summed E-state index contributed by atoms with van der Waals surface area (Å²) in [6.07, 6.45) is 5.89. The van der Waals surface area contributed by atoms with E-state index in [0.717, 1.165) is 74.5 Å². The van der Waals surface area contributed by atoms with E-state index in [1.54, 1.807) is 0 Å². The summed E-state index contributed by atoms with van der Waals surface area (Å²) in [6, 6.07) is 15.7. The van der Waals surface area contributed by atoms with Gasteiger partial charge in [0.15, 0.2) is 5.65 Å². The van der Waals surface area contributed by atoms with Crippen molar-refractivity contribution < 1.29 is 4.74 Å². The summed E-state index contributed by atoms with van der Waals surface area (Å²) in [5.74, 6) is 1.39. The largest absolute Gasteiger partial charge is 0.381 e. The Kier molecular flexibility index (Phi) is 5.00. The third kappa shape index (κ3) is 3.51. The Hall–Kier alpha value is -3.03. The van der Waals surface area contributed by atoms with Crippen LogP contribution in [-0.4, -0.2) is 51.9 Å². The zero-order chi connectivity index (χ0) is 21.5. The van der Waals surface area contributed by atoms with Crippen molar-refractivity contribution in [1.29, 1.82) is 0 Å². The van der Waals surface area contributed by atoms with E-state index in [-0.39, 0.29) is 0 Å². The molecule has 0 amide bonds. The number of fused-ring (bicyclic) bond motifs is 3. The quantitative estimate of drug-likeness (QED) is 0.535. The number of piperidine rings is 1. The molecule has 7 nitrogen and oxygen atoms in total. The molecule has 2 aromatic heterocycles. The van der Waals surface area contributed by atoms with E-state index in [9.17, 15) is 0 Å². The Morgan fingerprint density at radius 2 is 1.62 bits per heavy atom. The van der Waals surface area contributed by atoms with Gasteiger partial charge >= 0.3 is 0 Å². The highest BCUT2D eigenvalue weighted by Gasteiger charge is 2.22. The predicted octanol–water partition coefficient (Wildman–Crippen LogP) is 3.77. The second-order valence-electron chi connectivity index (χ2n) is 8.97. The molecule has 0 bridgehead atoms. The van der Waals surface area contributed by atoms with Crippen molar-refractivity contribution in [1.82, 2.24) is 19.6 Å². The van der Waals surface area contributed by atoms with Crippen molar-refractivity contribution in [3.8, 4) is 11.1 Å². The normalized spacial score (nSPS) is 18.6. The van der Waals surface area contributed by atoms with Crippen molar-refractivity contribution in [2.24, 2.45) is 5.73 Å². The number of nitrogens with two attached hydrogens (primary N) is 1. The summed E-state index contributed by atoms with van der Waals surface area (Å²) in [5, 5.41) is 8.95. The molecule has 2 aliphatic heterocycles. The van der Waals surface area contributed by atoms with Gasteiger partial charge in [0.25, 0.3) is 0 Å². The molecule has 6 rings (SSSR count). The second-order valence-corrected chi connectivity index (χ2v) is 8.97. The molecule has 164 valence electrons. The van der Waals surface area contributed by atoms with Crippen LogP contribution in [0.25, 0.3) is 27.8 Å². The second kappa shape index (κ2) is 8.15. The maximum atomic E-state index is 6.06. The number of nitrogens with zero attached hydrogens (tertiary/aromatic N) is 5. The van der Waals surface area contributed by atoms with Crippen LogP contribution >= 0.6 is 0 Å². The minimum absolute atomic E-state index is 0.345. The topological polar surface area (TPSA) is 81.6 Å². The Balaban J connectivity index is 1.37. The van der Waals surface area contributed by atoms with Gasteiger partial charge in [-0.05, 0) is 61.1 Å². The summed E-state index contributed by atoms with van der Waals surface area (Å²) >= 11 is 0. The monoisotopic (exact) mass is 428 g/mol. The number of anilines is 1. The van der Waals surface area contributed by atoms with E-state index in [0.29, 0.717) is 12.0 Å². The zero-order valence-corrected chi connectivity index (χ0v) is 18.2. The van der Waals surface area contributed by atoms with Crippen molar-refractivity contribution in [2.75, 3.05) is 31.2 Å². The van der Waals surface area contributed by atoms with Gasteiger partial charge in [0.1, 0.15) is 5.82 Å². The van der Waals surface area contributed by atoms with Crippen molar-refractivity contribution in [3.05, 3.63) is 54.5 Å². The number of hydrogen-bond donors (Lipinski definition) is 1. The molecule has 0 spiro atoms. The molecule has 0 aliphatic carbocycles. The molecule has 0 atom stereocenters. The molecule has 4 heterocycles. The van der Waals surface area contributed by atoms with E-state index in [4.69, 9.17) is 10.5 Å². The first-order chi connectivity index (χ1) is 15.8.